The lowest BCUT2D eigenvalue weighted by atomic mass is 9.93. The van der Waals surface area contributed by atoms with E-state index in [9.17, 15) is 9.36 Å². The largest absolute Gasteiger partial charge is 0.465 e. The van der Waals surface area contributed by atoms with E-state index in [4.69, 9.17) is 19.5 Å². The van der Waals surface area contributed by atoms with Gasteiger partial charge in [0.1, 0.15) is 11.8 Å². The maximum Gasteiger partial charge on any atom is 0.459 e. The molecule has 2 unspecified atom stereocenters. The number of carbonyl (C=O) groups is 1. The predicted octanol–water partition coefficient (Wildman–Crippen LogP) is 5.26. The van der Waals surface area contributed by atoms with Crippen LogP contribution in [0.5, 0.6) is 5.75 Å². The molecule has 13 heteroatoms. The first-order valence-corrected chi connectivity index (χ1v) is 15.9. The van der Waals surface area contributed by atoms with Crippen molar-refractivity contribution >= 4 is 36.6 Å². The van der Waals surface area contributed by atoms with Crippen molar-refractivity contribution in [2.24, 2.45) is 11.3 Å². The van der Waals surface area contributed by atoms with E-state index in [-0.39, 0.29) is 36.5 Å². The number of fused-ring (bicyclic) bond motifs is 1. The van der Waals surface area contributed by atoms with Gasteiger partial charge in [0.25, 0.3) is 0 Å². The molecule has 2 aliphatic carbocycles. The second-order valence-corrected chi connectivity index (χ2v) is 13.8. The van der Waals surface area contributed by atoms with Crippen LogP contribution < -0.4 is 20.7 Å². The summed E-state index contributed by atoms with van der Waals surface area (Å²) in [6.45, 7) is 8.17. The molecule has 3 aromatic rings. The number of anilines is 2. The van der Waals surface area contributed by atoms with Gasteiger partial charge in [-0.25, -0.2) is 9.55 Å². The van der Waals surface area contributed by atoms with Gasteiger partial charge in [0, 0.05) is 12.0 Å². The van der Waals surface area contributed by atoms with Gasteiger partial charge in [-0.05, 0) is 50.2 Å². The van der Waals surface area contributed by atoms with Gasteiger partial charge in [-0.15, -0.1) is 0 Å². The molecule has 42 heavy (non-hydrogen) atoms. The highest BCUT2D eigenvalue weighted by atomic mass is 31.2. The van der Waals surface area contributed by atoms with Gasteiger partial charge < -0.3 is 24.9 Å². The first-order chi connectivity index (χ1) is 20.0. The van der Waals surface area contributed by atoms with Gasteiger partial charge >= 0.3 is 13.7 Å². The molecule has 0 spiro atoms. The second kappa shape index (κ2) is 12.4. The number of benzene rings is 1. The molecule has 1 aromatic carbocycles. The quantitative estimate of drug-likeness (QED) is 0.134. The van der Waals surface area contributed by atoms with Crippen LogP contribution in [0, 0.1) is 11.3 Å². The van der Waals surface area contributed by atoms with Crippen LogP contribution in [-0.2, 0) is 18.6 Å². The van der Waals surface area contributed by atoms with Crippen molar-refractivity contribution in [1.82, 2.24) is 24.6 Å². The molecular formula is C29H40N7O5P. The highest BCUT2D eigenvalue weighted by Crippen LogP contribution is 2.46. The molecular weight excluding hydrogens is 557 g/mol. The van der Waals surface area contributed by atoms with Crippen molar-refractivity contribution in [3.05, 3.63) is 48.8 Å². The van der Waals surface area contributed by atoms with E-state index in [1.165, 1.54) is 0 Å². The fourth-order valence-electron chi connectivity index (χ4n) is 4.56. The number of hydrogen-bond donors (Lipinski definition) is 3. The Hall–Kier alpha value is -3.47. The van der Waals surface area contributed by atoms with Crippen LogP contribution in [0.4, 0.5) is 11.8 Å². The fourth-order valence-corrected chi connectivity index (χ4v) is 6.10. The Bertz CT molecular complexity index is 1470. The average Bonchev–Trinajstić information content (AvgIpc) is 3.44. The summed E-state index contributed by atoms with van der Waals surface area (Å²) in [5.41, 5.74) is 7.37. The molecule has 0 saturated heterocycles. The molecule has 0 radical (unpaired) electrons. The first kappa shape index (κ1) is 30.0. The number of nitrogens with one attached hydrogen (secondary N) is 2. The molecule has 4 N–H and O–H groups in total. The van der Waals surface area contributed by atoms with E-state index in [0.717, 1.165) is 12.8 Å². The number of rotatable bonds is 13. The lowest BCUT2D eigenvalue weighted by Gasteiger charge is -2.24. The number of hydrogen-bond acceptors (Lipinski definition) is 10. The Kier molecular flexibility index (Phi) is 8.86. The van der Waals surface area contributed by atoms with Gasteiger partial charge in [-0.3, -0.25) is 9.32 Å². The SMILES string of the molecule is C[C@H](NP(=O)(OC[C@@H]1C=CC(n2cnc3c(NC4CC4)nc(N)nc32)C1)Oc1ccccc1)C(=O)OCCC(C)(C)C. The minimum atomic E-state index is -3.96. The monoisotopic (exact) mass is 597 g/mol. The number of ether oxygens (including phenoxy) is 1. The van der Waals surface area contributed by atoms with Crippen LogP contribution in [0.25, 0.3) is 11.2 Å². The highest BCUT2D eigenvalue weighted by Gasteiger charge is 2.34. The maximum atomic E-state index is 13.9. The van der Waals surface area contributed by atoms with Crippen LogP contribution >= 0.6 is 7.75 Å². The number of nitrogens with two attached hydrogens (primary N) is 1. The van der Waals surface area contributed by atoms with Crippen molar-refractivity contribution in [3.8, 4) is 5.75 Å². The van der Waals surface area contributed by atoms with Crippen molar-refractivity contribution in [3.63, 3.8) is 0 Å². The third-order valence-electron chi connectivity index (χ3n) is 7.09. The number of nitrogens with zero attached hydrogens (tertiary/aromatic N) is 4. The predicted molar refractivity (Wildman–Crippen MR) is 161 cm³/mol. The summed E-state index contributed by atoms with van der Waals surface area (Å²) < 4.78 is 33.0. The number of aromatic nitrogens is 4. The topological polar surface area (TPSA) is 156 Å². The smallest absolute Gasteiger partial charge is 0.459 e. The molecule has 226 valence electrons. The number of esters is 1. The third kappa shape index (κ3) is 7.87. The van der Waals surface area contributed by atoms with Crippen molar-refractivity contribution < 1.29 is 23.1 Å². The Morgan fingerprint density at radius 2 is 1.95 bits per heavy atom. The Morgan fingerprint density at radius 3 is 2.67 bits per heavy atom. The third-order valence-corrected chi connectivity index (χ3v) is 8.74. The van der Waals surface area contributed by atoms with E-state index in [1.54, 1.807) is 37.5 Å². The number of imidazole rings is 1. The molecule has 1 fully saturated rings. The van der Waals surface area contributed by atoms with E-state index in [0.29, 0.717) is 41.6 Å². The summed E-state index contributed by atoms with van der Waals surface area (Å²) >= 11 is 0. The minimum Gasteiger partial charge on any atom is -0.465 e. The fraction of sp³-hybridized carbons (Fsp3) is 0.517. The van der Waals surface area contributed by atoms with Crippen molar-refractivity contribution in [2.75, 3.05) is 24.3 Å². The van der Waals surface area contributed by atoms with Gasteiger partial charge in [-0.2, -0.15) is 15.1 Å². The Labute approximate surface area is 246 Å². The molecule has 0 amide bonds. The Balaban J connectivity index is 1.23. The van der Waals surface area contributed by atoms with Gasteiger partial charge in [0.2, 0.25) is 5.95 Å². The number of para-hydroxylation sites is 1. The number of nitrogen functional groups attached to an aromatic ring is 1. The van der Waals surface area contributed by atoms with E-state index in [2.05, 4.69) is 46.1 Å². The minimum absolute atomic E-state index is 0.0246. The molecule has 2 aromatic heterocycles. The molecule has 1 saturated carbocycles. The zero-order valence-corrected chi connectivity index (χ0v) is 25.4. The normalized spacial score (nSPS) is 20.8. The first-order valence-electron chi connectivity index (χ1n) is 14.4. The summed E-state index contributed by atoms with van der Waals surface area (Å²) in [6.07, 6.45) is 9.38. The summed E-state index contributed by atoms with van der Waals surface area (Å²) in [5.74, 6) is 0.602. The standard InChI is InChI=1S/C29H40N7O5P/c1-19(27(37)39-15-14-29(2,3)4)35-42(38,41-23-8-6-5-7-9-23)40-17-20-10-13-22(16-20)36-18-31-24-25(32-21-11-12-21)33-28(30)34-26(24)36/h5-10,13,18-22H,11-12,14-17H2,1-4H3,(H,35,38)(H3,30,32,33,34)/t19-,20+,22?,42?/m0/s1. The zero-order valence-electron chi connectivity index (χ0n) is 24.5. The molecule has 0 aliphatic heterocycles. The summed E-state index contributed by atoms with van der Waals surface area (Å²) in [4.78, 5) is 26.0. The van der Waals surface area contributed by atoms with Gasteiger partial charge in [0.05, 0.1) is 25.6 Å². The van der Waals surface area contributed by atoms with Crippen LogP contribution in [0.3, 0.4) is 0 Å². The molecule has 2 aliphatic rings. The van der Waals surface area contributed by atoms with Crippen molar-refractivity contribution in [1.29, 1.82) is 0 Å². The Morgan fingerprint density at radius 1 is 1.19 bits per heavy atom. The summed E-state index contributed by atoms with van der Waals surface area (Å²) in [7, 11) is -3.96. The average molecular weight is 598 g/mol. The second-order valence-electron chi connectivity index (χ2n) is 12.1. The maximum absolute atomic E-state index is 13.9. The van der Waals surface area contributed by atoms with Crippen molar-refractivity contribution in [2.45, 2.75) is 71.5 Å². The zero-order chi connectivity index (χ0) is 29.9. The summed E-state index contributed by atoms with van der Waals surface area (Å²) in [6, 6.07) is 8.17. The van der Waals surface area contributed by atoms with Crippen LogP contribution in [0.1, 0.15) is 59.4 Å². The number of carbonyl (C=O) groups excluding carboxylic acids is 1. The lowest BCUT2D eigenvalue weighted by molar-refractivity contribution is -0.145. The molecule has 0 bridgehead atoms. The molecule has 5 rings (SSSR count). The van der Waals surface area contributed by atoms with Gasteiger partial charge in [0.15, 0.2) is 17.0 Å². The van der Waals surface area contributed by atoms with E-state index < -0.39 is 19.8 Å². The molecule has 4 atom stereocenters. The van der Waals surface area contributed by atoms with Crippen LogP contribution in [0.2, 0.25) is 0 Å². The van der Waals surface area contributed by atoms with Crippen LogP contribution in [-0.4, -0.2) is 50.8 Å². The van der Waals surface area contributed by atoms with Crippen LogP contribution in [0.15, 0.2) is 48.8 Å². The van der Waals surface area contributed by atoms with Gasteiger partial charge in [-0.1, -0.05) is 51.1 Å². The lowest BCUT2D eigenvalue weighted by Crippen LogP contribution is -2.35. The highest BCUT2D eigenvalue weighted by molar-refractivity contribution is 7.52. The number of allylic oxidation sites excluding steroid dienone is 1. The summed E-state index contributed by atoms with van der Waals surface area (Å²) in [5, 5.41) is 6.15. The van der Waals surface area contributed by atoms with E-state index in [1.807, 2.05) is 22.8 Å². The molecule has 12 nitrogen and oxygen atoms in total. The van der Waals surface area contributed by atoms with E-state index >= 15 is 0 Å². The molecule has 2 heterocycles.